The van der Waals surface area contributed by atoms with Crippen LogP contribution in [0.5, 0.6) is 0 Å². The Morgan fingerprint density at radius 1 is 1.36 bits per heavy atom. The molecule has 0 radical (unpaired) electrons. The van der Waals surface area contributed by atoms with E-state index < -0.39 is 5.97 Å². The number of hydrogen-bond acceptors (Lipinski definition) is 5. The molecule has 22 heavy (non-hydrogen) atoms. The van der Waals surface area contributed by atoms with Crippen LogP contribution in [0.25, 0.3) is 21.8 Å². The van der Waals surface area contributed by atoms with E-state index in [0.717, 1.165) is 30.5 Å². The third-order valence-electron chi connectivity index (χ3n) is 2.95. The largest absolute Gasteiger partial charge is 0.477 e. The van der Waals surface area contributed by atoms with Gasteiger partial charge in [0.15, 0.2) is 0 Å². The fourth-order valence-electron chi connectivity index (χ4n) is 1.96. The molecule has 3 nitrogen and oxygen atoms in total. The standard InChI is InChI=1S/C15H10BrNO2S3/c1-20-15-10(6-12(22-15)14(18)19)13-17-11(7-21-13)8-3-2-4-9(16)5-8/h2-7H,1H3,(H,18,19). The van der Waals surface area contributed by atoms with E-state index >= 15 is 0 Å². The first-order valence-corrected chi connectivity index (χ1v) is 9.93. The second kappa shape index (κ2) is 6.54. The van der Waals surface area contributed by atoms with Crippen molar-refractivity contribution in [3.05, 3.63) is 45.1 Å². The topological polar surface area (TPSA) is 50.2 Å². The van der Waals surface area contributed by atoms with Crippen molar-refractivity contribution in [3.63, 3.8) is 0 Å². The van der Waals surface area contributed by atoms with Gasteiger partial charge in [0, 0.05) is 21.0 Å². The highest BCUT2D eigenvalue weighted by Gasteiger charge is 2.17. The summed E-state index contributed by atoms with van der Waals surface area (Å²) in [6.07, 6.45) is 1.95. The van der Waals surface area contributed by atoms with Crippen LogP contribution in [0.3, 0.4) is 0 Å². The molecule has 1 aromatic carbocycles. The minimum atomic E-state index is -0.893. The molecule has 7 heteroatoms. The SMILES string of the molecule is CSc1sc(C(=O)O)cc1-c1nc(-c2cccc(Br)c2)cs1. The number of carbonyl (C=O) groups is 1. The number of nitrogens with zero attached hydrogens (tertiary/aromatic N) is 1. The van der Waals surface area contributed by atoms with Gasteiger partial charge < -0.3 is 5.11 Å². The molecule has 2 heterocycles. The first kappa shape index (κ1) is 15.7. The zero-order valence-electron chi connectivity index (χ0n) is 11.4. The predicted molar refractivity (Wildman–Crippen MR) is 97.3 cm³/mol. The Balaban J connectivity index is 2.02. The Bertz CT molecular complexity index is 841. The molecule has 0 amide bonds. The van der Waals surface area contributed by atoms with Gasteiger partial charge in [0.1, 0.15) is 9.88 Å². The van der Waals surface area contributed by atoms with E-state index in [4.69, 9.17) is 5.11 Å². The molecule has 0 saturated heterocycles. The van der Waals surface area contributed by atoms with Gasteiger partial charge in [-0.2, -0.15) is 0 Å². The highest BCUT2D eigenvalue weighted by Crippen LogP contribution is 2.40. The molecule has 0 saturated carbocycles. The summed E-state index contributed by atoms with van der Waals surface area (Å²) in [6.45, 7) is 0. The van der Waals surface area contributed by atoms with Crippen molar-refractivity contribution in [1.82, 2.24) is 4.98 Å². The van der Waals surface area contributed by atoms with Crippen molar-refractivity contribution in [2.45, 2.75) is 4.21 Å². The maximum atomic E-state index is 11.2. The number of aromatic carboxylic acids is 1. The number of hydrogen-bond donors (Lipinski definition) is 1. The molecule has 0 unspecified atom stereocenters. The number of benzene rings is 1. The first-order valence-electron chi connectivity index (χ1n) is 6.21. The number of thioether (sulfide) groups is 1. The number of thiophene rings is 1. The van der Waals surface area contributed by atoms with Crippen LogP contribution in [0.15, 0.2) is 44.4 Å². The molecule has 3 rings (SSSR count). The Morgan fingerprint density at radius 3 is 2.86 bits per heavy atom. The molecule has 1 N–H and O–H groups in total. The van der Waals surface area contributed by atoms with Gasteiger partial charge in [-0.25, -0.2) is 9.78 Å². The zero-order chi connectivity index (χ0) is 15.7. The minimum absolute atomic E-state index is 0.346. The maximum absolute atomic E-state index is 11.2. The van der Waals surface area contributed by atoms with Crippen LogP contribution < -0.4 is 0 Å². The van der Waals surface area contributed by atoms with Crippen LogP contribution in [0.4, 0.5) is 0 Å². The minimum Gasteiger partial charge on any atom is -0.477 e. The average molecular weight is 412 g/mol. The zero-order valence-corrected chi connectivity index (χ0v) is 15.4. The summed E-state index contributed by atoms with van der Waals surface area (Å²) >= 11 is 7.84. The van der Waals surface area contributed by atoms with E-state index in [1.807, 2.05) is 35.9 Å². The molecule has 0 fully saturated rings. The Labute approximate surface area is 148 Å². The Hall–Kier alpha value is -1.15. The van der Waals surface area contributed by atoms with Crippen LogP contribution in [0.1, 0.15) is 9.67 Å². The van der Waals surface area contributed by atoms with Crippen molar-refractivity contribution in [2.75, 3.05) is 6.26 Å². The third-order valence-corrected chi connectivity index (χ3v) is 6.58. The molecule has 0 aliphatic carbocycles. The number of carboxylic acids is 1. The fraction of sp³-hybridized carbons (Fsp3) is 0.0667. The lowest BCUT2D eigenvalue weighted by Crippen LogP contribution is -1.89. The summed E-state index contributed by atoms with van der Waals surface area (Å²) < 4.78 is 1.99. The average Bonchev–Trinajstić information content (AvgIpc) is 3.13. The van der Waals surface area contributed by atoms with Gasteiger partial charge >= 0.3 is 5.97 Å². The van der Waals surface area contributed by atoms with Crippen molar-refractivity contribution < 1.29 is 9.90 Å². The summed E-state index contributed by atoms with van der Waals surface area (Å²) in [7, 11) is 0. The van der Waals surface area contributed by atoms with Crippen molar-refractivity contribution in [2.24, 2.45) is 0 Å². The van der Waals surface area contributed by atoms with Gasteiger partial charge in [-0.1, -0.05) is 28.1 Å². The number of rotatable bonds is 4. The lowest BCUT2D eigenvalue weighted by atomic mass is 10.2. The highest BCUT2D eigenvalue weighted by molar-refractivity contribution is 9.10. The molecular weight excluding hydrogens is 402 g/mol. The number of halogens is 1. The van der Waals surface area contributed by atoms with Crippen LogP contribution in [0, 0.1) is 0 Å². The summed E-state index contributed by atoms with van der Waals surface area (Å²) in [5.74, 6) is -0.893. The molecule has 112 valence electrons. The van der Waals surface area contributed by atoms with Crippen molar-refractivity contribution >= 4 is 56.3 Å². The van der Waals surface area contributed by atoms with Gasteiger partial charge in [-0.05, 0) is 24.5 Å². The lowest BCUT2D eigenvalue weighted by molar-refractivity contribution is 0.0702. The van der Waals surface area contributed by atoms with Gasteiger partial charge in [-0.3, -0.25) is 0 Å². The summed E-state index contributed by atoms with van der Waals surface area (Å²) in [4.78, 5) is 16.2. The second-order valence-corrected chi connectivity index (χ2v) is 8.27. The number of thiazole rings is 1. The van der Waals surface area contributed by atoms with Crippen LogP contribution in [-0.2, 0) is 0 Å². The van der Waals surface area contributed by atoms with Gasteiger partial charge in [0.25, 0.3) is 0 Å². The summed E-state index contributed by atoms with van der Waals surface area (Å²) in [5, 5.41) is 12.0. The molecular formula is C15H10BrNO2S3. The molecule has 2 aromatic heterocycles. The molecule has 0 bridgehead atoms. The van der Waals surface area contributed by atoms with E-state index in [2.05, 4.69) is 20.9 Å². The van der Waals surface area contributed by atoms with Crippen molar-refractivity contribution in [1.29, 1.82) is 0 Å². The van der Waals surface area contributed by atoms with E-state index in [1.165, 1.54) is 22.7 Å². The quantitative estimate of drug-likeness (QED) is 0.557. The first-order chi connectivity index (χ1) is 10.6. The van der Waals surface area contributed by atoms with Gasteiger partial charge in [-0.15, -0.1) is 34.4 Å². The van der Waals surface area contributed by atoms with E-state index in [0.29, 0.717) is 4.88 Å². The van der Waals surface area contributed by atoms with E-state index in [-0.39, 0.29) is 0 Å². The second-order valence-electron chi connectivity index (χ2n) is 4.37. The van der Waals surface area contributed by atoms with E-state index in [1.54, 1.807) is 17.8 Å². The van der Waals surface area contributed by atoms with Crippen molar-refractivity contribution in [3.8, 4) is 21.8 Å². The van der Waals surface area contributed by atoms with Gasteiger partial charge in [0.2, 0.25) is 0 Å². The summed E-state index contributed by atoms with van der Waals surface area (Å²) in [5.41, 5.74) is 2.84. The van der Waals surface area contributed by atoms with Crippen LogP contribution >= 0.6 is 50.4 Å². The maximum Gasteiger partial charge on any atom is 0.345 e. The molecule has 0 aliphatic rings. The smallest absolute Gasteiger partial charge is 0.345 e. The van der Waals surface area contributed by atoms with Crippen LogP contribution in [-0.4, -0.2) is 22.3 Å². The highest BCUT2D eigenvalue weighted by atomic mass is 79.9. The Morgan fingerprint density at radius 2 is 2.18 bits per heavy atom. The third kappa shape index (κ3) is 3.12. The predicted octanol–water partition coefficient (Wildman–Crippen LogP) is 5.72. The van der Waals surface area contributed by atoms with Gasteiger partial charge in [0.05, 0.1) is 9.90 Å². The van der Waals surface area contributed by atoms with E-state index in [9.17, 15) is 4.79 Å². The molecule has 0 aliphatic heterocycles. The van der Waals surface area contributed by atoms with Crippen LogP contribution in [0.2, 0.25) is 0 Å². The monoisotopic (exact) mass is 411 g/mol. The number of carboxylic acid groups (broad SMARTS) is 1. The molecule has 0 atom stereocenters. The Kier molecular flexibility index (Phi) is 4.67. The fourth-order valence-corrected chi connectivity index (χ4v) is 5.05. The summed E-state index contributed by atoms with van der Waals surface area (Å²) in [6, 6.07) is 9.68. The number of aromatic nitrogens is 1. The lowest BCUT2D eigenvalue weighted by Gasteiger charge is -1.98. The molecule has 0 spiro atoms. The molecule has 3 aromatic rings. The normalized spacial score (nSPS) is 10.8.